The van der Waals surface area contributed by atoms with Gasteiger partial charge in [0.25, 0.3) is 0 Å². The number of hydrogen-bond acceptors (Lipinski definition) is 3. The van der Waals surface area contributed by atoms with E-state index >= 15 is 0 Å². The van der Waals surface area contributed by atoms with Crippen LogP contribution in [0.3, 0.4) is 0 Å². The van der Waals surface area contributed by atoms with E-state index in [2.05, 4.69) is 14.9 Å². The van der Waals surface area contributed by atoms with Gasteiger partial charge in [-0.15, -0.1) is 0 Å². The van der Waals surface area contributed by atoms with Gasteiger partial charge in [0.05, 0.1) is 31.1 Å². The molecule has 1 N–H and O–H groups in total. The van der Waals surface area contributed by atoms with E-state index in [-0.39, 0.29) is 11.9 Å². The van der Waals surface area contributed by atoms with E-state index in [0.29, 0.717) is 13.2 Å². The first-order valence-corrected chi connectivity index (χ1v) is 8.94. The molecule has 134 valence electrons. The SMILES string of the molecule is Fc1ccc(-c2cnc(C3COCCN3Cc3ccc(Cl)cc3)[nH]2)cc1. The highest BCUT2D eigenvalue weighted by atomic mass is 35.5. The van der Waals surface area contributed by atoms with Crippen molar-refractivity contribution in [1.82, 2.24) is 14.9 Å². The van der Waals surface area contributed by atoms with Crippen molar-refractivity contribution in [2.24, 2.45) is 0 Å². The lowest BCUT2D eigenvalue weighted by atomic mass is 10.1. The number of rotatable bonds is 4. The van der Waals surface area contributed by atoms with Gasteiger partial charge in [0.2, 0.25) is 0 Å². The largest absolute Gasteiger partial charge is 0.378 e. The molecule has 1 atom stereocenters. The third-order valence-corrected chi connectivity index (χ3v) is 4.86. The van der Waals surface area contributed by atoms with Crippen molar-refractivity contribution in [3.05, 3.63) is 77.0 Å². The lowest BCUT2D eigenvalue weighted by Crippen LogP contribution is -2.39. The fraction of sp³-hybridized carbons (Fsp3) is 0.250. The molecule has 1 fully saturated rings. The molecule has 26 heavy (non-hydrogen) atoms. The maximum absolute atomic E-state index is 13.1. The van der Waals surface area contributed by atoms with Gasteiger partial charge in [-0.05, 0) is 47.5 Å². The minimum absolute atomic E-state index is 0.0497. The highest BCUT2D eigenvalue weighted by Gasteiger charge is 2.27. The molecule has 0 bridgehead atoms. The lowest BCUT2D eigenvalue weighted by Gasteiger charge is -2.34. The van der Waals surface area contributed by atoms with Gasteiger partial charge in [0, 0.05) is 18.1 Å². The summed E-state index contributed by atoms with van der Waals surface area (Å²) >= 11 is 5.98. The predicted molar refractivity (Wildman–Crippen MR) is 99.4 cm³/mol. The van der Waals surface area contributed by atoms with Crippen molar-refractivity contribution in [1.29, 1.82) is 0 Å². The summed E-state index contributed by atoms with van der Waals surface area (Å²) in [6.45, 7) is 2.93. The van der Waals surface area contributed by atoms with Gasteiger partial charge in [-0.3, -0.25) is 4.90 Å². The summed E-state index contributed by atoms with van der Waals surface area (Å²) in [5.41, 5.74) is 2.98. The Bertz CT molecular complexity index is 864. The summed E-state index contributed by atoms with van der Waals surface area (Å²) in [5, 5.41) is 0.738. The summed E-state index contributed by atoms with van der Waals surface area (Å²) < 4.78 is 18.8. The van der Waals surface area contributed by atoms with E-state index in [1.54, 1.807) is 18.3 Å². The molecule has 1 aliphatic heterocycles. The van der Waals surface area contributed by atoms with Crippen molar-refractivity contribution in [2.45, 2.75) is 12.6 Å². The van der Waals surface area contributed by atoms with Crippen molar-refractivity contribution in [3.8, 4) is 11.3 Å². The zero-order chi connectivity index (χ0) is 17.9. The lowest BCUT2D eigenvalue weighted by molar-refractivity contribution is -0.0156. The highest BCUT2D eigenvalue weighted by Crippen LogP contribution is 2.27. The van der Waals surface area contributed by atoms with Crippen LogP contribution in [0.4, 0.5) is 4.39 Å². The quantitative estimate of drug-likeness (QED) is 0.737. The zero-order valence-corrected chi connectivity index (χ0v) is 14.9. The number of benzene rings is 2. The standard InChI is InChI=1S/C20H19ClFN3O/c21-16-5-1-14(2-6-16)12-25-9-10-26-13-19(25)20-23-11-18(24-20)15-3-7-17(22)8-4-15/h1-8,11,19H,9-10,12-13H2,(H,23,24). The Morgan fingerprint density at radius 3 is 2.69 bits per heavy atom. The van der Waals surface area contributed by atoms with Crippen LogP contribution in [-0.2, 0) is 11.3 Å². The van der Waals surface area contributed by atoms with E-state index in [1.165, 1.54) is 17.7 Å². The van der Waals surface area contributed by atoms with Crippen LogP contribution in [0, 0.1) is 5.82 Å². The number of imidazole rings is 1. The van der Waals surface area contributed by atoms with Crippen LogP contribution < -0.4 is 0 Å². The van der Waals surface area contributed by atoms with Crippen LogP contribution >= 0.6 is 11.6 Å². The molecule has 6 heteroatoms. The van der Waals surface area contributed by atoms with Crippen LogP contribution in [0.25, 0.3) is 11.3 Å². The van der Waals surface area contributed by atoms with Gasteiger partial charge >= 0.3 is 0 Å². The van der Waals surface area contributed by atoms with Crippen molar-refractivity contribution in [2.75, 3.05) is 19.8 Å². The fourth-order valence-electron chi connectivity index (χ4n) is 3.19. The molecule has 3 aromatic rings. The Hall–Kier alpha value is -2.21. The highest BCUT2D eigenvalue weighted by molar-refractivity contribution is 6.30. The molecular formula is C20H19ClFN3O. The van der Waals surface area contributed by atoms with Gasteiger partial charge in [0.15, 0.2) is 0 Å². The molecule has 0 spiro atoms. The zero-order valence-electron chi connectivity index (χ0n) is 14.2. The molecule has 1 unspecified atom stereocenters. The fourth-order valence-corrected chi connectivity index (χ4v) is 3.31. The number of aromatic nitrogens is 2. The average molecular weight is 372 g/mol. The van der Waals surface area contributed by atoms with E-state index in [9.17, 15) is 4.39 Å². The Kier molecular flexibility index (Phi) is 5.02. The maximum atomic E-state index is 13.1. The summed E-state index contributed by atoms with van der Waals surface area (Å²) in [5.74, 6) is 0.612. The Labute approximate surface area is 156 Å². The number of halogens is 2. The predicted octanol–water partition coefficient (Wildman–Crippen LogP) is 4.44. The van der Waals surface area contributed by atoms with Gasteiger partial charge < -0.3 is 9.72 Å². The first-order valence-electron chi connectivity index (χ1n) is 8.56. The van der Waals surface area contributed by atoms with Crippen molar-refractivity contribution in [3.63, 3.8) is 0 Å². The van der Waals surface area contributed by atoms with Crippen molar-refractivity contribution >= 4 is 11.6 Å². The van der Waals surface area contributed by atoms with Crippen LogP contribution in [0.2, 0.25) is 5.02 Å². The third-order valence-electron chi connectivity index (χ3n) is 4.60. The Morgan fingerprint density at radius 1 is 1.15 bits per heavy atom. The van der Waals surface area contributed by atoms with E-state index in [4.69, 9.17) is 16.3 Å². The van der Waals surface area contributed by atoms with E-state index in [0.717, 1.165) is 35.2 Å². The molecular weight excluding hydrogens is 353 g/mol. The van der Waals surface area contributed by atoms with Crippen molar-refractivity contribution < 1.29 is 9.13 Å². The molecule has 0 radical (unpaired) electrons. The smallest absolute Gasteiger partial charge is 0.126 e. The molecule has 2 aromatic carbocycles. The number of hydrogen-bond donors (Lipinski definition) is 1. The summed E-state index contributed by atoms with van der Waals surface area (Å²) in [6, 6.07) is 14.3. The average Bonchev–Trinajstić information content (AvgIpc) is 3.15. The van der Waals surface area contributed by atoms with Crippen LogP contribution in [0.1, 0.15) is 17.4 Å². The molecule has 4 rings (SSSR count). The topological polar surface area (TPSA) is 41.1 Å². The van der Waals surface area contributed by atoms with Gasteiger partial charge in [-0.25, -0.2) is 9.37 Å². The number of nitrogens with one attached hydrogen (secondary N) is 1. The molecule has 1 saturated heterocycles. The molecule has 0 amide bonds. The van der Waals surface area contributed by atoms with Crippen LogP contribution in [-0.4, -0.2) is 34.6 Å². The monoisotopic (exact) mass is 371 g/mol. The molecule has 2 heterocycles. The third kappa shape index (κ3) is 3.80. The molecule has 4 nitrogen and oxygen atoms in total. The minimum Gasteiger partial charge on any atom is -0.378 e. The van der Waals surface area contributed by atoms with Gasteiger partial charge in [-0.1, -0.05) is 23.7 Å². The van der Waals surface area contributed by atoms with Crippen LogP contribution in [0.5, 0.6) is 0 Å². The summed E-state index contributed by atoms with van der Waals surface area (Å²) in [7, 11) is 0. The Balaban J connectivity index is 1.54. The normalized spacial score (nSPS) is 18.2. The first kappa shape index (κ1) is 17.2. The number of aromatic amines is 1. The summed E-state index contributed by atoms with van der Waals surface area (Å²) in [6.07, 6.45) is 1.79. The summed E-state index contributed by atoms with van der Waals surface area (Å²) in [4.78, 5) is 10.3. The van der Waals surface area contributed by atoms with E-state index < -0.39 is 0 Å². The second-order valence-electron chi connectivity index (χ2n) is 6.38. The Morgan fingerprint density at radius 2 is 1.92 bits per heavy atom. The number of morpholine rings is 1. The minimum atomic E-state index is -0.247. The van der Waals surface area contributed by atoms with Gasteiger partial charge in [-0.2, -0.15) is 0 Å². The number of nitrogens with zero attached hydrogens (tertiary/aromatic N) is 2. The van der Waals surface area contributed by atoms with E-state index in [1.807, 2.05) is 24.3 Å². The molecule has 0 saturated carbocycles. The first-order chi connectivity index (χ1) is 12.7. The van der Waals surface area contributed by atoms with Gasteiger partial charge in [0.1, 0.15) is 11.6 Å². The second kappa shape index (κ2) is 7.58. The molecule has 1 aliphatic rings. The number of H-pyrrole nitrogens is 1. The molecule has 1 aromatic heterocycles. The molecule has 0 aliphatic carbocycles. The number of ether oxygens (including phenoxy) is 1. The van der Waals surface area contributed by atoms with Crippen LogP contribution in [0.15, 0.2) is 54.7 Å². The maximum Gasteiger partial charge on any atom is 0.126 e. The second-order valence-corrected chi connectivity index (χ2v) is 6.81.